The minimum Gasteiger partial charge on any atom is -0.104 e. The molecule has 0 nitrogen and oxygen atoms in total. The van der Waals surface area contributed by atoms with Crippen LogP contribution in [-0.2, 0) is 0 Å². The molecule has 0 heteroatoms. The molecule has 92 valence electrons. The van der Waals surface area contributed by atoms with Crippen LogP contribution in [0.4, 0.5) is 0 Å². The van der Waals surface area contributed by atoms with Crippen LogP contribution in [0.1, 0.15) is 60.4 Å². The summed E-state index contributed by atoms with van der Waals surface area (Å²) in [7, 11) is 0. The van der Waals surface area contributed by atoms with E-state index >= 15 is 0 Å². The van der Waals surface area contributed by atoms with Crippen LogP contribution in [0.5, 0.6) is 0 Å². The molecule has 1 rings (SSSR count). The second-order valence-electron chi connectivity index (χ2n) is 4.99. The fourth-order valence-corrected chi connectivity index (χ4v) is 2.44. The van der Waals surface area contributed by atoms with Gasteiger partial charge in [-0.3, -0.25) is 0 Å². The van der Waals surface area contributed by atoms with Crippen molar-refractivity contribution in [3.05, 3.63) is 33.9 Å². The van der Waals surface area contributed by atoms with Crippen LogP contribution in [0.15, 0.2) is 6.07 Å². The fraction of sp³-hybridized carbons (Fsp3) is 0.529. The summed E-state index contributed by atoms with van der Waals surface area (Å²) < 4.78 is 0. The minimum atomic E-state index is 0.535. The summed E-state index contributed by atoms with van der Waals surface area (Å²) >= 11 is 0. The van der Waals surface area contributed by atoms with Crippen molar-refractivity contribution in [1.82, 2.24) is 0 Å². The first-order chi connectivity index (χ1) is 7.99. The van der Waals surface area contributed by atoms with Gasteiger partial charge in [-0.2, -0.15) is 0 Å². The first kappa shape index (κ1) is 13.8. The first-order valence-corrected chi connectivity index (χ1v) is 6.52. The van der Waals surface area contributed by atoms with Gasteiger partial charge in [0.2, 0.25) is 0 Å². The van der Waals surface area contributed by atoms with Crippen LogP contribution in [-0.4, -0.2) is 0 Å². The van der Waals surface area contributed by atoms with E-state index in [9.17, 15) is 0 Å². The van der Waals surface area contributed by atoms with Gasteiger partial charge in [-0.15, -0.1) is 11.8 Å². The average molecular weight is 228 g/mol. The molecule has 1 aromatic carbocycles. The quantitative estimate of drug-likeness (QED) is 0.636. The molecule has 0 aliphatic rings. The Balaban J connectivity index is 3.12. The van der Waals surface area contributed by atoms with Gasteiger partial charge in [-0.25, -0.2) is 0 Å². The first-order valence-electron chi connectivity index (χ1n) is 6.52. The largest absolute Gasteiger partial charge is 0.104 e. The highest BCUT2D eigenvalue weighted by Gasteiger charge is 2.13. The molecule has 0 fully saturated rings. The van der Waals surface area contributed by atoms with Gasteiger partial charge in [0.05, 0.1) is 0 Å². The lowest BCUT2D eigenvalue weighted by molar-refractivity contribution is 0.776. The number of hydrogen-bond donors (Lipinski definition) is 0. The van der Waals surface area contributed by atoms with Crippen molar-refractivity contribution in [2.45, 2.75) is 60.3 Å². The average Bonchev–Trinajstić information content (AvgIpc) is 2.27. The van der Waals surface area contributed by atoms with Crippen molar-refractivity contribution in [2.75, 3.05) is 0 Å². The molecule has 1 aromatic rings. The Morgan fingerprint density at radius 1 is 1.00 bits per heavy atom. The lowest BCUT2D eigenvalue weighted by atomic mass is 9.85. The Morgan fingerprint density at radius 2 is 1.53 bits per heavy atom. The molecule has 1 atom stereocenters. The van der Waals surface area contributed by atoms with E-state index in [0.29, 0.717) is 5.92 Å². The van der Waals surface area contributed by atoms with E-state index in [4.69, 9.17) is 0 Å². The van der Waals surface area contributed by atoms with E-state index in [-0.39, 0.29) is 0 Å². The maximum absolute atomic E-state index is 3.28. The van der Waals surface area contributed by atoms with E-state index in [1.807, 2.05) is 0 Å². The standard InChI is InChI=1S/C17H24/c1-7-8-9-10-12(2)17-15(5)13(3)11-14(4)16(17)6/h11-12H,7,10H2,1-6H3. The number of rotatable bonds is 2. The van der Waals surface area contributed by atoms with Crippen molar-refractivity contribution in [3.63, 3.8) is 0 Å². The highest BCUT2D eigenvalue weighted by atomic mass is 14.2. The van der Waals surface area contributed by atoms with E-state index in [1.54, 1.807) is 0 Å². The molecule has 0 amide bonds. The smallest absolute Gasteiger partial charge is 0.0155 e. The van der Waals surface area contributed by atoms with Gasteiger partial charge in [0.15, 0.2) is 0 Å². The SMILES string of the molecule is CCC#CCC(C)c1c(C)c(C)cc(C)c1C. The highest BCUT2D eigenvalue weighted by molar-refractivity contribution is 5.46. The molecule has 0 bridgehead atoms. The Bertz CT molecular complexity index is 429. The van der Waals surface area contributed by atoms with E-state index in [2.05, 4.69) is 59.4 Å². The predicted molar refractivity (Wildman–Crippen MR) is 76.5 cm³/mol. The molecule has 0 aliphatic carbocycles. The molecular formula is C17H24. The summed E-state index contributed by atoms with van der Waals surface area (Å²) in [6.45, 7) is 13.3. The molecule has 0 aliphatic heterocycles. The van der Waals surface area contributed by atoms with Crippen LogP contribution in [0, 0.1) is 39.5 Å². The predicted octanol–water partition coefficient (Wildman–Crippen LogP) is 4.83. The van der Waals surface area contributed by atoms with Crippen molar-refractivity contribution in [3.8, 4) is 11.8 Å². The molecule has 0 heterocycles. The van der Waals surface area contributed by atoms with E-state index in [0.717, 1.165) is 12.8 Å². The van der Waals surface area contributed by atoms with Crippen LogP contribution in [0.25, 0.3) is 0 Å². The number of benzene rings is 1. The minimum absolute atomic E-state index is 0.535. The van der Waals surface area contributed by atoms with Crippen LogP contribution in [0.3, 0.4) is 0 Å². The summed E-state index contributed by atoms with van der Waals surface area (Å²) in [5, 5.41) is 0. The lowest BCUT2D eigenvalue weighted by Gasteiger charge is -2.19. The van der Waals surface area contributed by atoms with E-state index in [1.165, 1.54) is 27.8 Å². The molecular weight excluding hydrogens is 204 g/mol. The normalized spacial score (nSPS) is 11.9. The summed E-state index contributed by atoms with van der Waals surface area (Å²) in [6.07, 6.45) is 1.93. The monoisotopic (exact) mass is 228 g/mol. The molecule has 0 saturated carbocycles. The van der Waals surface area contributed by atoms with Gasteiger partial charge in [0.1, 0.15) is 0 Å². The van der Waals surface area contributed by atoms with Gasteiger partial charge < -0.3 is 0 Å². The Hall–Kier alpha value is -1.22. The molecule has 17 heavy (non-hydrogen) atoms. The zero-order valence-corrected chi connectivity index (χ0v) is 12.1. The van der Waals surface area contributed by atoms with Crippen molar-refractivity contribution >= 4 is 0 Å². The molecule has 0 radical (unpaired) electrons. The maximum atomic E-state index is 3.28. The number of hydrogen-bond acceptors (Lipinski definition) is 0. The summed E-state index contributed by atoms with van der Waals surface area (Å²) in [4.78, 5) is 0. The Labute approximate surface area is 106 Å². The van der Waals surface area contributed by atoms with Crippen molar-refractivity contribution < 1.29 is 0 Å². The van der Waals surface area contributed by atoms with Crippen LogP contribution in [0.2, 0.25) is 0 Å². The maximum Gasteiger partial charge on any atom is 0.0155 e. The Morgan fingerprint density at radius 3 is 2.00 bits per heavy atom. The molecule has 0 saturated heterocycles. The Kier molecular flexibility index (Phi) is 4.82. The van der Waals surface area contributed by atoms with Gasteiger partial charge in [0.25, 0.3) is 0 Å². The summed E-state index contributed by atoms with van der Waals surface area (Å²) in [5.74, 6) is 6.98. The second-order valence-corrected chi connectivity index (χ2v) is 4.99. The van der Waals surface area contributed by atoms with Crippen LogP contribution < -0.4 is 0 Å². The fourth-order valence-electron chi connectivity index (χ4n) is 2.44. The van der Waals surface area contributed by atoms with Gasteiger partial charge >= 0.3 is 0 Å². The molecule has 0 aromatic heterocycles. The third-order valence-corrected chi connectivity index (χ3v) is 3.63. The van der Waals surface area contributed by atoms with Gasteiger partial charge in [-0.1, -0.05) is 19.9 Å². The zero-order chi connectivity index (χ0) is 13.0. The summed E-state index contributed by atoms with van der Waals surface area (Å²) in [6, 6.07) is 2.29. The molecule has 0 N–H and O–H groups in total. The molecule has 0 spiro atoms. The second kappa shape index (κ2) is 5.92. The lowest BCUT2D eigenvalue weighted by Crippen LogP contribution is -2.03. The van der Waals surface area contributed by atoms with E-state index < -0.39 is 0 Å². The third kappa shape index (κ3) is 3.13. The van der Waals surface area contributed by atoms with Gasteiger partial charge in [-0.05, 0) is 61.4 Å². The highest BCUT2D eigenvalue weighted by Crippen LogP contribution is 2.30. The van der Waals surface area contributed by atoms with Crippen molar-refractivity contribution in [2.24, 2.45) is 0 Å². The van der Waals surface area contributed by atoms with Crippen LogP contribution >= 0.6 is 0 Å². The number of aryl methyl sites for hydroxylation is 2. The topological polar surface area (TPSA) is 0 Å². The summed E-state index contributed by atoms with van der Waals surface area (Å²) in [5.41, 5.74) is 7.20. The zero-order valence-electron chi connectivity index (χ0n) is 12.1. The van der Waals surface area contributed by atoms with Gasteiger partial charge in [0, 0.05) is 12.8 Å². The molecule has 1 unspecified atom stereocenters. The van der Waals surface area contributed by atoms with Crippen molar-refractivity contribution in [1.29, 1.82) is 0 Å². The third-order valence-electron chi connectivity index (χ3n) is 3.63.